The van der Waals surface area contributed by atoms with Crippen LogP contribution in [0.3, 0.4) is 0 Å². The lowest BCUT2D eigenvalue weighted by atomic mass is 9.97. The van der Waals surface area contributed by atoms with Crippen molar-refractivity contribution in [1.82, 2.24) is 19.8 Å². The van der Waals surface area contributed by atoms with Crippen LogP contribution in [0, 0.1) is 17.2 Å². The molecule has 12 heteroatoms. The van der Waals surface area contributed by atoms with E-state index in [2.05, 4.69) is 21.7 Å². The summed E-state index contributed by atoms with van der Waals surface area (Å²) < 4.78 is 43.6. The minimum Gasteiger partial charge on any atom is -0.506 e. The lowest BCUT2D eigenvalue weighted by molar-refractivity contribution is -0.138. The third-order valence-corrected chi connectivity index (χ3v) is 8.15. The Labute approximate surface area is 271 Å². The number of imidazole rings is 1. The van der Waals surface area contributed by atoms with E-state index in [-0.39, 0.29) is 47.8 Å². The second-order valence-corrected chi connectivity index (χ2v) is 11.4. The van der Waals surface area contributed by atoms with E-state index in [1.54, 1.807) is 47.8 Å². The minimum atomic E-state index is -4.57. The van der Waals surface area contributed by atoms with Gasteiger partial charge in [0.05, 0.1) is 35.6 Å². The highest BCUT2D eigenvalue weighted by atomic mass is 32.1. The summed E-state index contributed by atoms with van der Waals surface area (Å²) in [5.74, 6) is -0.396. The number of nitrogens with zero attached hydrogens (tertiary/aromatic N) is 4. The Morgan fingerprint density at radius 2 is 1.80 bits per heavy atom. The predicted octanol–water partition coefficient (Wildman–Crippen LogP) is 6.50. The number of amides is 1. The summed E-state index contributed by atoms with van der Waals surface area (Å²) in [5, 5.41) is 25.5. The van der Waals surface area contributed by atoms with E-state index in [1.807, 2.05) is 30.5 Å². The smallest absolute Gasteiger partial charge is 0.416 e. The number of nitrogens with one attached hydrogen (secondary N) is 2. The van der Waals surface area contributed by atoms with Gasteiger partial charge >= 0.3 is 6.18 Å². The van der Waals surface area contributed by atoms with Gasteiger partial charge in [-0.1, -0.05) is 62.7 Å². The third kappa shape index (κ3) is 9.08. The molecule has 4 rings (SSSR count). The molecule has 1 heterocycles. The summed E-state index contributed by atoms with van der Waals surface area (Å²) in [6.45, 7) is 4.31. The number of anilines is 1. The number of phenolic OH excluding ortho intramolecular Hbond substituents is 1. The van der Waals surface area contributed by atoms with Crippen molar-refractivity contribution in [3.05, 3.63) is 113 Å². The Kier molecular flexibility index (Phi) is 11.4. The number of aromatic nitrogens is 2. The van der Waals surface area contributed by atoms with Crippen LogP contribution in [0.1, 0.15) is 48.2 Å². The molecule has 240 valence electrons. The van der Waals surface area contributed by atoms with Crippen LogP contribution in [0.25, 0.3) is 0 Å². The fraction of sp³-hybridized carbons (Fsp3) is 0.294. The number of rotatable bonds is 12. The first-order valence-electron chi connectivity index (χ1n) is 14.7. The van der Waals surface area contributed by atoms with Crippen LogP contribution in [0.5, 0.6) is 5.75 Å². The van der Waals surface area contributed by atoms with Crippen LogP contribution in [-0.4, -0.2) is 43.2 Å². The van der Waals surface area contributed by atoms with Crippen molar-refractivity contribution in [2.24, 2.45) is 5.92 Å². The second-order valence-electron chi connectivity index (χ2n) is 11.0. The van der Waals surface area contributed by atoms with Gasteiger partial charge in [-0.05, 0) is 59.6 Å². The van der Waals surface area contributed by atoms with Crippen molar-refractivity contribution in [3.63, 3.8) is 0 Å². The maximum atomic E-state index is 13.9. The van der Waals surface area contributed by atoms with Crippen LogP contribution < -0.4 is 10.6 Å². The number of carbonyl (C=O) groups is 1. The Morgan fingerprint density at radius 3 is 2.48 bits per heavy atom. The van der Waals surface area contributed by atoms with Crippen molar-refractivity contribution in [2.45, 2.75) is 52.0 Å². The molecule has 4 aromatic rings. The number of hydrogen-bond donors (Lipinski definition) is 3. The van der Waals surface area contributed by atoms with Gasteiger partial charge in [0.1, 0.15) is 5.75 Å². The van der Waals surface area contributed by atoms with Gasteiger partial charge in [-0.3, -0.25) is 4.79 Å². The SMILES string of the molecule is CC[C@H](C)[C@@H](CN(Cc1ccccc1C(F)(F)F)C(=S)Nc1ccccc1O)NC(=O)Cc1cncn1Cc1ccc(C#N)cc1. The van der Waals surface area contributed by atoms with Gasteiger partial charge in [-0.15, -0.1) is 0 Å². The molecule has 0 radical (unpaired) electrons. The molecule has 3 aromatic carbocycles. The number of para-hydroxylation sites is 2. The Hall–Kier alpha value is -4.89. The highest BCUT2D eigenvalue weighted by Gasteiger charge is 2.34. The Bertz CT molecular complexity index is 1680. The average molecular weight is 649 g/mol. The fourth-order valence-electron chi connectivity index (χ4n) is 4.96. The van der Waals surface area contributed by atoms with E-state index in [9.17, 15) is 23.1 Å². The molecular formula is C34H35F3N6O2S. The van der Waals surface area contributed by atoms with Gasteiger partial charge in [0.2, 0.25) is 5.91 Å². The second kappa shape index (κ2) is 15.4. The first kappa shape index (κ1) is 34.0. The number of alkyl halides is 3. The largest absolute Gasteiger partial charge is 0.506 e. The predicted molar refractivity (Wildman–Crippen MR) is 174 cm³/mol. The quantitative estimate of drug-likeness (QED) is 0.119. The monoisotopic (exact) mass is 648 g/mol. The van der Waals surface area contributed by atoms with Crippen LogP contribution in [-0.2, 0) is 30.5 Å². The third-order valence-electron chi connectivity index (χ3n) is 7.79. The van der Waals surface area contributed by atoms with Crippen molar-refractivity contribution >= 4 is 28.9 Å². The highest BCUT2D eigenvalue weighted by molar-refractivity contribution is 7.80. The van der Waals surface area contributed by atoms with Gasteiger partial charge in [0, 0.05) is 37.6 Å². The number of aromatic hydroxyl groups is 1. The molecule has 0 aliphatic carbocycles. The molecule has 8 nitrogen and oxygen atoms in total. The minimum absolute atomic E-state index is 0.0253. The zero-order chi connectivity index (χ0) is 33.3. The van der Waals surface area contributed by atoms with Gasteiger partial charge in [-0.2, -0.15) is 18.4 Å². The molecular weight excluding hydrogens is 613 g/mol. The lowest BCUT2D eigenvalue weighted by Crippen LogP contribution is -2.50. The zero-order valence-electron chi connectivity index (χ0n) is 25.5. The first-order chi connectivity index (χ1) is 22.0. The molecule has 0 saturated heterocycles. The van der Waals surface area contributed by atoms with Crippen molar-refractivity contribution in [3.8, 4) is 11.8 Å². The summed E-state index contributed by atoms with van der Waals surface area (Å²) in [4.78, 5) is 19.2. The molecule has 1 aromatic heterocycles. The molecule has 1 amide bonds. The average Bonchev–Trinajstić information content (AvgIpc) is 3.46. The summed E-state index contributed by atoms with van der Waals surface area (Å²) in [6, 6.07) is 20.5. The number of nitriles is 1. The Balaban J connectivity index is 1.55. The topological polar surface area (TPSA) is 106 Å². The van der Waals surface area contributed by atoms with E-state index in [0.29, 0.717) is 29.9 Å². The van der Waals surface area contributed by atoms with E-state index in [0.717, 1.165) is 11.6 Å². The van der Waals surface area contributed by atoms with Crippen molar-refractivity contribution in [1.29, 1.82) is 5.26 Å². The molecule has 0 saturated carbocycles. The zero-order valence-corrected chi connectivity index (χ0v) is 26.3. The van der Waals surface area contributed by atoms with Gasteiger partial charge in [0.25, 0.3) is 0 Å². The normalized spacial score (nSPS) is 12.5. The number of thiocarbonyl (C=S) groups is 1. The maximum Gasteiger partial charge on any atom is 0.416 e. The molecule has 0 fully saturated rings. The van der Waals surface area contributed by atoms with E-state index in [4.69, 9.17) is 17.5 Å². The molecule has 0 aliphatic rings. The van der Waals surface area contributed by atoms with Gasteiger partial charge in [-0.25, -0.2) is 4.98 Å². The van der Waals surface area contributed by atoms with Crippen LogP contribution in [0.2, 0.25) is 0 Å². The number of carbonyl (C=O) groups excluding carboxylic acids is 1. The summed E-state index contributed by atoms with van der Waals surface area (Å²) in [5.41, 5.74) is 1.73. The summed E-state index contributed by atoms with van der Waals surface area (Å²) >= 11 is 5.68. The lowest BCUT2D eigenvalue weighted by Gasteiger charge is -2.34. The van der Waals surface area contributed by atoms with Gasteiger partial charge < -0.3 is 25.2 Å². The standard InChI is InChI=1S/C34H35F3N6O2S/c1-3-23(2)30(40-32(45)16-27-18-39-22-43(27)19-25-14-12-24(17-38)13-15-25)21-42(33(46)41-29-10-6-7-11-31(29)44)20-26-8-4-5-9-28(26)34(35,36)37/h4-15,18,22-23,30,44H,3,16,19-21H2,1-2H3,(H,40,45)(H,41,46)/t23-,30+/m0/s1. The molecule has 3 N–H and O–H groups in total. The van der Waals surface area contributed by atoms with Crippen molar-refractivity contribution in [2.75, 3.05) is 11.9 Å². The number of phenols is 1. The van der Waals surface area contributed by atoms with E-state index < -0.39 is 17.8 Å². The molecule has 0 unspecified atom stereocenters. The molecule has 0 spiro atoms. The van der Waals surface area contributed by atoms with Crippen LogP contribution >= 0.6 is 12.2 Å². The number of benzene rings is 3. The summed E-state index contributed by atoms with van der Waals surface area (Å²) in [7, 11) is 0. The highest BCUT2D eigenvalue weighted by Crippen LogP contribution is 2.33. The van der Waals surface area contributed by atoms with Crippen molar-refractivity contribution < 1.29 is 23.1 Å². The molecule has 2 atom stereocenters. The van der Waals surface area contributed by atoms with Gasteiger partial charge in [0.15, 0.2) is 5.11 Å². The van der Waals surface area contributed by atoms with E-state index in [1.165, 1.54) is 24.3 Å². The molecule has 0 bridgehead atoms. The maximum absolute atomic E-state index is 13.9. The number of halogens is 3. The Morgan fingerprint density at radius 1 is 1.11 bits per heavy atom. The fourth-order valence-corrected chi connectivity index (χ4v) is 5.21. The molecule has 46 heavy (non-hydrogen) atoms. The van der Waals surface area contributed by atoms with Crippen LogP contribution in [0.15, 0.2) is 85.3 Å². The molecule has 0 aliphatic heterocycles. The van der Waals surface area contributed by atoms with E-state index >= 15 is 0 Å². The number of hydrogen-bond acceptors (Lipinski definition) is 5. The summed E-state index contributed by atoms with van der Waals surface area (Å²) in [6.07, 6.45) is -0.599. The van der Waals surface area contributed by atoms with Crippen LogP contribution in [0.4, 0.5) is 18.9 Å². The first-order valence-corrected chi connectivity index (χ1v) is 15.2.